The summed E-state index contributed by atoms with van der Waals surface area (Å²) in [5.74, 6) is -0.720. The van der Waals surface area contributed by atoms with Crippen LogP contribution in [-0.4, -0.2) is 55.4 Å². The molecule has 8 heteroatoms. The highest BCUT2D eigenvalue weighted by Gasteiger charge is 2.43. The molecule has 1 aliphatic rings. The molecule has 2 N–H and O–H groups in total. The van der Waals surface area contributed by atoms with Gasteiger partial charge in [-0.1, -0.05) is 60.7 Å². The Balaban J connectivity index is 1.54. The number of benzene rings is 3. The average Bonchev–Trinajstić information content (AvgIpc) is 3.24. The van der Waals surface area contributed by atoms with Crippen molar-refractivity contribution in [3.8, 4) is 16.9 Å². The minimum atomic E-state index is -1.76. The molecule has 40 heavy (non-hydrogen) atoms. The van der Waals surface area contributed by atoms with Gasteiger partial charge >= 0.3 is 12.1 Å². The van der Waals surface area contributed by atoms with Crippen LogP contribution in [0.4, 0.5) is 4.79 Å². The Morgan fingerprint density at radius 1 is 0.875 bits per heavy atom. The number of ether oxygens (including phenoxy) is 4. The van der Waals surface area contributed by atoms with Gasteiger partial charge in [0.15, 0.2) is 6.29 Å². The van der Waals surface area contributed by atoms with Crippen LogP contribution in [0.3, 0.4) is 0 Å². The molecule has 0 aliphatic heterocycles. The Morgan fingerprint density at radius 2 is 1.43 bits per heavy atom. The summed E-state index contributed by atoms with van der Waals surface area (Å²) in [6.07, 6.45) is -1.86. The number of carbonyl (C=O) groups excluding carboxylic acids is 1. The summed E-state index contributed by atoms with van der Waals surface area (Å²) in [7, 11) is 2.85. The molecule has 0 saturated heterocycles. The molecule has 0 heterocycles. The van der Waals surface area contributed by atoms with E-state index in [1.807, 2.05) is 57.2 Å². The van der Waals surface area contributed by atoms with Gasteiger partial charge in [0.25, 0.3) is 0 Å². The number of rotatable bonds is 11. The number of fused-ring (bicyclic) bond motifs is 3. The van der Waals surface area contributed by atoms with Gasteiger partial charge in [-0.15, -0.1) is 0 Å². The number of aliphatic carboxylic acids is 1. The second-order valence-corrected chi connectivity index (χ2v) is 11.0. The fourth-order valence-electron chi connectivity index (χ4n) is 5.14. The van der Waals surface area contributed by atoms with E-state index in [1.165, 1.54) is 14.2 Å². The number of methoxy groups -OCH3 is 2. The van der Waals surface area contributed by atoms with Gasteiger partial charge in [0.1, 0.15) is 23.5 Å². The van der Waals surface area contributed by atoms with Crippen molar-refractivity contribution in [3.05, 3.63) is 89.5 Å². The number of carboxylic acids is 1. The van der Waals surface area contributed by atoms with Gasteiger partial charge in [0, 0.05) is 33.0 Å². The lowest BCUT2D eigenvalue weighted by atomic mass is 9.87. The lowest BCUT2D eigenvalue weighted by molar-refractivity contribution is -0.155. The van der Waals surface area contributed by atoms with Crippen molar-refractivity contribution >= 4 is 12.1 Å². The molecule has 8 nitrogen and oxygen atoms in total. The molecular weight excluding hydrogens is 510 g/mol. The maximum absolute atomic E-state index is 13.2. The van der Waals surface area contributed by atoms with Crippen LogP contribution < -0.4 is 10.1 Å². The van der Waals surface area contributed by atoms with E-state index in [2.05, 4.69) is 17.4 Å². The Kier molecular flexibility index (Phi) is 8.81. The maximum atomic E-state index is 13.2. The number of nitrogens with one attached hydrogen (secondary N) is 1. The highest BCUT2D eigenvalue weighted by Crippen LogP contribution is 2.44. The van der Waals surface area contributed by atoms with E-state index in [0.717, 1.165) is 22.3 Å². The van der Waals surface area contributed by atoms with E-state index in [9.17, 15) is 14.7 Å². The Morgan fingerprint density at radius 3 is 1.93 bits per heavy atom. The maximum Gasteiger partial charge on any atom is 0.408 e. The van der Waals surface area contributed by atoms with Crippen molar-refractivity contribution in [2.24, 2.45) is 0 Å². The van der Waals surface area contributed by atoms with Crippen molar-refractivity contribution in [1.82, 2.24) is 5.32 Å². The molecule has 0 radical (unpaired) electrons. The highest BCUT2D eigenvalue weighted by atomic mass is 16.7. The zero-order valence-corrected chi connectivity index (χ0v) is 23.6. The number of alkyl carbamates (subject to hydrolysis) is 1. The van der Waals surface area contributed by atoms with Gasteiger partial charge in [-0.05, 0) is 60.7 Å². The average molecular weight is 548 g/mol. The van der Waals surface area contributed by atoms with Crippen LogP contribution in [0.25, 0.3) is 11.1 Å². The normalized spacial score (nSPS) is 14.2. The molecule has 0 saturated carbocycles. The molecule has 0 aromatic heterocycles. The van der Waals surface area contributed by atoms with E-state index in [-0.39, 0.29) is 31.0 Å². The first-order chi connectivity index (χ1) is 19.0. The van der Waals surface area contributed by atoms with Crippen LogP contribution in [0, 0.1) is 0 Å². The second kappa shape index (κ2) is 12.1. The lowest BCUT2D eigenvalue weighted by Gasteiger charge is -2.33. The number of carboxylic acid groups (broad SMARTS) is 1. The summed E-state index contributed by atoms with van der Waals surface area (Å²) in [5, 5.41) is 13.1. The van der Waals surface area contributed by atoms with Crippen molar-refractivity contribution in [2.45, 2.75) is 57.0 Å². The summed E-state index contributed by atoms with van der Waals surface area (Å²) >= 11 is 0. The first-order valence-corrected chi connectivity index (χ1v) is 13.3. The molecule has 0 spiro atoms. The number of carbonyl (C=O) groups is 2. The minimum Gasteiger partial charge on any atom is -0.488 e. The Hall–Kier alpha value is -3.88. The predicted octanol–water partition coefficient (Wildman–Crippen LogP) is 5.78. The standard InChI is InChI=1S/C32H37NO7/c1-31(2,3)40-22-16-14-21(15-17-22)18-32(29(34)35,19-28(37-4)38-5)33-30(36)39-20-27-25-12-8-6-10-23(25)24-11-7-9-13-26(24)27/h6-17,27-28H,18-20H2,1-5H3,(H,33,36)(H,34,35). The summed E-state index contributed by atoms with van der Waals surface area (Å²) in [4.78, 5) is 26.0. The lowest BCUT2D eigenvalue weighted by Crippen LogP contribution is -2.58. The van der Waals surface area contributed by atoms with Gasteiger partial charge < -0.3 is 29.4 Å². The molecule has 3 aromatic rings. The molecule has 4 rings (SSSR count). The molecular formula is C32H37NO7. The van der Waals surface area contributed by atoms with Crippen molar-refractivity contribution in [1.29, 1.82) is 0 Å². The van der Waals surface area contributed by atoms with E-state index in [0.29, 0.717) is 11.3 Å². The first kappa shape index (κ1) is 29.1. The van der Waals surface area contributed by atoms with Gasteiger partial charge in [0.2, 0.25) is 0 Å². The third-order valence-corrected chi connectivity index (χ3v) is 6.99. The fourth-order valence-corrected chi connectivity index (χ4v) is 5.14. The molecule has 0 fully saturated rings. The van der Waals surface area contributed by atoms with Gasteiger partial charge in [-0.2, -0.15) is 0 Å². The molecule has 1 aliphatic carbocycles. The zero-order valence-electron chi connectivity index (χ0n) is 23.6. The molecule has 0 bridgehead atoms. The minimum absolute atomic E-state index is 0.0223. The highest BCUT2D eigenvalue weighted by molar-refractivity contribution is 5.85. The molecule has 1 amide bonds. The van der Waals surface area contributed by atoms with Crippen molar-refractivity contribution in [2.75, 3.05) is 20.8 Å². The molecule has 3 aromatic carbocycles. The quantitative estimate of drug-likeness (QED) is 0.294. The van der Waals surface area contributed by atoms with E-state index in [4.69, 9.17) is 18.9 Å². The van der Waals surface area contributed by atoms with Crippen LogP contribution in [0.2, 0.25) is 0 Å². The van der Waals surface area contributed by atoms with Gasteiger partial charge in [0.05, 0.1) is 0 Å². The van der Waals surface area contributed by atoms with Gasteiger partial charge in [-0.25, -0.2) is 9.59 Å². The Bertz CT molecular complexity index is 1280. The first-order valence-electron chi connectivity index (χ1n) is 13.3. The summed E-state index contributed by atoms with van der Waals surface area (Å²) in [5.41, 5.74) is 2.90. The third-order valence-electron chi connectivity index (χ3n) is 6.99. The monoisotopic (exact) mass is 547 g/mol. The summed E-state index contributed by atoms with van der Waals surface area (Å²) in [6, 6.07) is 23.2. The van der Waals surface area contributed by atoms with Crippen LogP contribution >= 0.6 is 0 Å². The topological polar surface area (TPSA) is 103 Å². The SMILES string of the molecule is COC(CC(Cc1ccc(OC(C)(C)C)cc1)(NC(=O)OCC1c2ccccc2-c2ccccc21)C(=O)O)OC. The van der Waals surface area contributed by atoms with Crippen LogP contribution in [0.15, 0.2) is 72.8 Å². The van der Waals surface area contributed by atoms with Crippen LogP contribution in [0.1, 0.15) is 49.8 Å². The van der Waals surface area contributed by atoms with Crippen molar-refractivity contribution in [3.63, 3.8) is 0 Å². The summed E-state index contributed by atoms with van der Waals surface area (Å²) < 4.78 is 22.2. The van der Waals surface area contributed by atoms with Gasteiger partial charge in [-0.3, -0.25) is 0 Å². The van der Waals surface area contributed by atoms with Crippen LogP contribution in [0.5, 0.6) is 5.75 Å². The smallest absolute Gasteiger partial charge is 0.408 e. The Labute approximate surface area is 235 Å². The number of hydrogen-bond acceptors (Lipinski definition) is 6. The largest absolute Gasteiger partial charge is 0.488 e. The fraction of sp³-hybridized carbons (Fsp3) is 0.375. The second-order valence-electron chi connectivity index (χ2n) is 11.0. The predicted molar refractivity (Wildman–Crippen MR) is 152 cm³/mol. The van der Waals surface area contributed by atoms with E-state index >= 15 is 0 Å². The molecule has 1 atom stereocenters. The molecule has 212 valence electrons. The van der Waals surface area contributed by atoms with Crippen molar-refractivity contribution < 1.29 is 33.6 Å². The van der Waals surface area contributed by atoms with Crippen LogP contribution in [-0.2, 0) is 25.4 Å². The number of amides is 1. The van der Waals surface area contributed by atoms with E-state index < -0.39 is 23.9 Å². The zero-order chi connectivity index (χ0) is 28.9. The summed E-state index contributed by atoms with van der Waals surface area (Å²) in [6.45, 7) is 5.91. The van der Waals surface area contributed by atoms with E-state index in [1.54, 1.807) is 24.3 Å². The number of hydrogen-bond donors (Lipinski definition) is 2. The third kappa shape index (κ3) is 6.63. The molecule has 1 unspecified atom stereocenters.